The number of amides is 1. The maximum Gasteiger partial charge on any atom is 0.318 e. The highest BCUT2D eigenvalue weighted by Gasteiger charge is 2.31. The third kappa shape index (κ3) is 3.09. The van der Waals surface area contributed by atoms with Gasteiger partial charge in [0.2, 0.25) is 11.8 Å². The van der Waals surface area contributed by atoms with E-state index >= 15 is 0 Å². The second-order valence-corrected chi connectivity index (χ2v) is 5.38. The molecule has 1 saturated heterocycles. The molecule has 1 aliphatic heterocycles. The minimum Gasteiger partial charge on any atom is -0.406 e. The molecule has 0 aromatic carbocycles. The standard InChI is InChI=1S/C13H23N5O2/c1-4-15-9(3)12-16-17-13(20-12)18-7-10(11(14)19)6-5-8(18)2/h8-10,15H,4-7H2,1-3H3,(H2,14,19). The molecule has 0 aliphatic carbocycles. The van der Waals surface area contributed by atoms with Crippen LogP contribution in [0.5, 0.6) is 0 Å². The summed E-state index contributed by atoms with van der Waals surface area (Å²) in [7, 11) is 0. The Bertz CT molecular complexity index is 461. The summed E-state index contributed by atoms with van der Waals surface area (Å²) in [6, 6.07) is 0.768. The maximum absolute atomic E-state index is 11.4. The number of hydrogen-bond donors (Lipinski definition) is 2. The molecule has 1 aliphatic rings. The SMILES string of the molecule is CCNC(C)c1nnc(N2CC(C(N)=O)CCC2C)o1. The van der Waals surface area contributed by atoms with Gasteiger partial charge >= 0.3 is 6.01 Å². The predicted octanol–water partition coefficient (Wildman–Crippen LogP) is 0.830. The number of carbonyl (C=O) groups is 1. The molecular weight excluding hydrogens is 258 g/mol. The summed E-state index contributed by atoms with van der Waals surface area (Å²) >= 11 is 0. The van der Waals surface area contributed by atoms with Gasteiger partial charge in [-0.05, 0) is 33.2 Å². The average molecular weight is 281 g/mol. The molecule has 1 amide bonds. The van der Waals surface area contributed by atoms with Crippen molar-refractivity contribution in [3.63, 3.8) is 0 Å². The van der Waals surface area contributed by atoms with Gasteiger partial charge in [-0.25, -0.2) is 0 Å². The van der Waals surface area contributed by atoms with Crippen LogP contribution in [0.25, 0.3) is 0 Å². The van der Waals surface area contributed by atoms with E-state index in [2.05, 4.69) is 22.4 Å². The number of anilines is 1. The van der Waals surface area contributed by atoms with Gasteiger partial charge in [-0.3, -0.25) is 4.79 Å². The van der Waals surface area contributed by atoms with Crippen molar-refractivity contribution in [2.24, 2.45) is 11.7 Å². The van der Waals surface area contributed by atoms with Crippen LogP contribution in [0.1, 0.15) is 45.5 Å². The summed E-state index contributed by atoms with van der Waals surface area (Å²) in [5, 5.41) is 11.4. The molecule has 0 bridgehead atoms. The molecule has 1 aromatic heterocycles. The Balaban J connectivity index is 2.11. The maximum atomic E-state index is 11.4. The number of nitrogens with two attached hydrogens (primary N) is 1. The van der Waals surface area contributed by atoms with Crippen LogP contribution in [0, 0.1) is 5.92 Å². The highest BCUT2D eigenvalue weighted by molar-refractivity contribution is 5.77. The number of carbonyl (C=O) groups excluding carboxylic acids is 1. The second-order valence-electron chi connectivity index (χ2n) is 5.38. The topological polar surface area (TPSA) is 97.3 Å². The molecule has 1 fully saturated rings. The number of primary amides is 1. The fraction of sp³-hybridized carbons (Fsp3) is 0.769. The van der Waals surface area contributed by atoms with Crippen LogP contribution in [0.3, 0.4) is 0 Å². The number of rotatable bonds is 5. The van der Waals surface area contributed by atoms with Gasteiger partial charge in [0.05, 0.1) is 12.0 Å². The summed E-state index contributed by atoms with van der Waals surface area (Å²) in [5.41, 5.74) is 5.40. The third-order valence-electron chi connectivity index (χ3n) is 3.84. The van der Waals surface area contributed by atoms with Gasteiger partial charge in [0, 0.05) is 12.6 Å². The zero-order valence-electron chi connectivity index (χ0n) is 12.3. The molecule has 3 N–H and O–H groups in total. The Hall–Kier alpha value is -1.63. The monoisotopic (exact) mass is 281 g/mol. The van der Waals surface area contributed by atoms with E-state index in [4.69, 9.17) is 10.2 Å². The normalized spacial score (nSPS) is 24.6. The van der Waals surface area contributed by atoms with E-state index in [9.17, 15) is 4.79 Å². The summed E-state index contributed by atoms with van der Waals surface area (Å²) < 4.78 is 5.73. The molecule has 20 heavy (non-hydrogen) atoms. The van der Waals surface area contributed by atoms with Crippen LogP contribution in [-0.4, -0.2) is 35.2 Å². The highest BCUT2D eigenvalue weighted by atomic mass is 16.4. The summed E-state index contributed by atoms with van der Waals surface area (Å²) in [6.45, 7) is 7.48. The minimum absolute atomic E-state index is 0.0216. The first-order valence-electron chi connectivity index (χ1n) is 7.15. The Morgan fingerprint density at radius 1 is 1.55 bits per heavy atom. The average Bonchev–Trinajstić information content (AvgIpc) is 2.88. The van der Waals surface area contributed by atoms with Crippen molar-refractivity contribution < 1.29 is 9.21 Å². The number of nitrogens with one attached hydrogen (secondary N) is 1. The molecule has 2 heterocycles. The number of hydrogen-bond acceptors (Lipinski definition) is 6. The molecule has 0 radical (unpaired) electrons. The lowest BCUT2D eigenvalue weighted by atomic mass is 9.93. The number of aromatic nitrogens is 2. The first-order chi connectivity index (χ1) is 9.52. The summed E-state index contributed by atoms with van der Waals surface area (Å²) in [5.74, 6) is 0.158. The van der Waals surface area contributed by atoms with Crippen LogP contribution in [0.4, 0.5) is 6.01 Å². The van der Waals surface area contributed by atoms with Crippen LogP contribution in [-0.2, 0) is 4.79 Å². The van der Waals surface area contributed by atoms with Crippen molar-refractivity contribution >= 4 is 11.9 Å². The lowest BCUT2D eigenvalue weighted by Crippen LogP contribution is -2.46. The molecule has 0 saturated carbocycles. The summed E-state index contributed by atoms with van der Waals surface area (Å²) in [4.78, 5) is 13.3. The van der Waals surface area contributed by atoms with E-state index in [1.807, 2.05) is 18.7 Å². The third-order valence-corrected chi connectivity index (χ3v) is 3.84. The van der Waals surface area contributed by atoms with Crippen LogP contribution < -0.4 is 16.0 Å². The van der Waals surface area contributed by atoms with Crippen molar-refractivity contribution in [3.8, 4) is 0 Å². The molecular formula is C13H23N5O2. The van der Waals surface area contributed by atoms with Crippen LogP contribution >= 0.6 is 0 Å². The zero-order valence-corrected chi connectivity index (χ0v) is 12.3. The summed E-state index contributed by atoms with van der Waals surface area (Å²) in [6.07, 6.45) is 1.72. The Morgan fingerprint density at radius 2 is 2.30 bits per heavy atom. The van der Waals surface area contributed by atoms with E-state index < -0.39 is 0 Å². The van der Waals surface area contributed by atoms with Crippen molar-refractivity contribution in [3.05, 3.63) is 5.89 Å². The largest absolute Gasteiger partial charge is 0.406 e. The van der Waals surface area contributed by atoms with Crippen molar-refractivity contribution in [1.29, 1.82) is 0 Å². The van der Waals surface area contributed by atoms with Crippen molar-refractivity contribution in [2.75, 3.05) is 18.0 Å². The number of piperidine rings is 1. The van der Waals surface area contributed by atoms with Crippen LogP contribution in [0.2, 0.25) is 0 Å². The Labute approximate surface area is 118 Å². The first-order valence-corrected chi connectivity index (χ1v) is 7.15. The van der Waals surface area contributed by atoms with Gasteiger partial charge in [0.1, 0.15) is 0 Å². The minimum atomic E-state index is -0.261. The van der Waals surface area contributed by atoms with Gasteiger partial charge in [-0.2, -0.15) is 0 Å². The van der Waals surface area contributed by atoms with Gasteiger partial charge in [0.15, 0.2) is 0 Å². The Morgan fingerprint density at radius 3 is 2.95 bits per heavy atom. The van der Waals surface area contributed by atoms with Gasteiger partial charge < -0.3 is 20.4 Å². The fourth-order valence-electron chi connectivity index (χ4n) is 2.52. The molecule has 1 aromatic rings. The molecule has 3 atom stereocenters. The van der Waals surface area contributed by atoms with Crippen molar-refractivity contribution in [1.82, 2.24) is 15.5 Å². The fourth-order valence-corrected chi connectivity index (χ4v) is 2.52. The van der Waals surface area contributed by atoms with Gasteiger partial charge in [-0.15, -0.1) is 5.10 Å². The van der Waals surface area contributed by atoms with Crippen molar-refractivity contribution in [2.45, 2.75) is 45.7 Å². The van der Waals surface area contributed by atoms with Gasteiger partial charge in [-0.1, -0.05) is 12.0 Å². The lowest BCUT2D eigenvalue weighted by Gasteiger charge is -2.35. The molecule has 7 heteroatoms. The first kappa shape index (κ1) is 14.8. The quantitative estimate of drug-likeness (QED) is 0.829. The smallest absolute Gasteiger partial charge is 0.318 e. The van der Waals surface area contributed by atoms with E-state index in [0.717, 1.165) is 19.4 Å². The predicted molar refractivity (Wildman–Crippen MR) is 75.1 cm³/mol. The highest BCUT2D eigenvalue weighted by Crippen LogP contribution is 2.27. The second kappa shape index (κ2) is 6.21. The van der Waals surface area contributed by atoms with E-state index in [1.165, 1.54) is 0 Å². The van der Waals surface area contributed by atoms with Crippen LogP contribution in [0.15, 0.2) is 4.42 Å². The Kier molecular flexibility index (Phi) is 4.59. The molecule has 112 valence electrons. The molecule has 2 rings (SSSR count). The lowest BCUT2D eigenvalue weighted by molar-refractivity contribution is -0.122. The van der Waals surface area contributed by atoms with Gasteiger partial charge in [0.25, 0.3) is 0 Å². The zero-order chi connectivity index (χ0) is 14.7. The molecule has 0 spiro atoms. The molecule has 3 unspecified atom stereocenters. The molecule has 7 nitrogen and oxygen atoms in total. The number of nitrogens with zero attached hydrogens (tertiary/aromatic N) is 3. The van der Waals surface area contributed by atoms with E-state index in [1.54, 1.807) is 0 Å². The van der Waals surface area contributed by atoms with E-state index in [0.29, 0.717) is 18.5 Å². The van der Waals surface area contributed by atoms with E-state index in [-0.39, 0.29) is 23.9 Å².